The van der Waals surface area contributed by atoms with Crippen molar-refractivity contribution in [2.24, 2.45) is 5.41 Å². The molecule has 25 heavy (non-hydrogen) atoms. The molecule has 1 aromatic rings. The third-order valence-electron chi connectivity index (χ3n) is 6.20. The molecule has 2 aliphatic heterocycles. The Hall–Kier alpha value is -0.940. The van der Waals surface area contributed by atoms with Gasteiger partial charge >= 0.3 is 0 Å². The van der Waals surface area contributed by atoms with Crippen molar-refractivity contribution in [3.8, 4) is 0 Å². The van der Waals surface area contributed by atoms with Crippen LogP contribution in [0.1, 0.15) is 50.2 Å². The minimum Gasteiger partial charge on any atom is -0.395 e. The first kappa shape index (κ1) is 18.8. The molecule has 2 saturated heterocycles. The molecule has 0 aromatic heterocycles. The van der Waals surface area contributed by atoms with Crippen molar-refractivity contribution in [2.75, 3.05) is 39.4 Å². The van der Waals surface area contributed by atoms with Gasteiger partial charge in [-0.1, -0.05) is 38.1 Å². The van der Waals surface area contributed by atoms with Crippen LogP contribution in [0.4, 0.5) is 0 Å². The van der Waals surface area contributed by atoms with Gasteiger partial charge in [-0.05, 0) is 54.8 Å². The highest BCUT2D eigenvalue weighted by molar-refractivity contribution is 5.24. The van der Waals surface area contributed by atoms with E-state index in [-0.39, 0.29) is 19.3 Å². The van der Waals surface area contributed by atoms with Crippen molar-refractivity contribution in [1.29, 1.82) is 0 Å². The van der Waals surface area contributed by atoms with Gasteiger partial charge in [-0.15, -0.1) is 0 Å². The number of hydrogen-bond donors (Lipinski definition) is 2. The second kappa shape index (κ2) is 8.17. The summed E-state index contributed by atoms with van der Waals surface area (Å²) in [6.45, 7) is 9.95. The summed E-state index contributed by atoms with van der Waals surface area (Å²) in [6, 6.07) is 9.02. The molecule has 0 saturated carbocycles. The van der Waals surface area contributed by atoms with Crippen LogP contribution in [0, 0.1) is 5.41 Å². The lowest BCUT2D eigenvalue weighted by atomic mass is 9.79. The van der Waals surface area contributed by atoms with Gasteiger partial charge in [0.05, 0.1) is 19.3 Å². The Labute approximate surface area is 152 Å². The lowest BCUT2D eigenvalue weighted by Gasteiger charge is -2.41. The van der Waals surface area contributed by atoms with Gasteiger partial charge in [0.2, 0.25) is 0 Å². The molecule has 0 aliphatic carbocycles. The standard InChI is InChI=1S/C21H34N2O2/c1-17(2)19-6-4-18(5-7-19)12-22-10-3-8-21(15-22)9-11-23(16-21)20(13-24)14-25/h4-7,17,20,24-25H,3,8-16H2,1-2H3/t21-/m1/s1. The topological polar surface area (TPSA) is 46.9 Å². The number of aliphatic hydroxyl groups excluding tert-OH is 2. The Morgan fingerprint density at radius 1 is 1.00 bits per heavy atom. The summed E-state index contributed by atoms with van der Waals surface area (Å²) in [4.78, 5) is 4.89. The van der Waals surface area contributed by atoms with Gasteiger partial charge in [-0.25, -0.2) is 0 Å². The molecule has 0 amide bonds. The fraction of sp³-hybridized carbons (Fsp3) is 0.714. The molecule has 2 fully saturated rings. The van der Waals surface area contributed by atoms with Gasteiger partial charge in [0.1, 0.15) is 0 Å². The molecule has 4 heteroatoms. The van der Waals surface area contributed by atoms with Crippen molar-refractivity contribution in [1.82, 2.24) is 9.80 Å². The van der Waals surface area contributed by atoms with Crippen molar-refractivity contribution in [3.63, 3.8) is 0 Å². The van der Waals surface area contributed by atoms with Crippen LogP contribution >= 0.6 is 0 Å². The minimum absolute atomic E-state index is 0.0541. The zero-order chi connectivity index (χ0) is 17.9. The van der Waals surface area contributed by atoms with E-state index in [1.165, 1.54) is 36.9 Å². The van der Waals surface area contributed by atoms with Crippen molar-refractivity contribution < 1.29 is 10.2 Å². The van der Waals surface area contributed by atoms with Gasteiger partial charge in [0.15, 0.2) is 0 Å². The first-order valence-corrected chi connectivity index (χ1v) is 9.82. The second-order valence-electron chi connectivity index (χ2n) is 8.45. The van der Waals surface area contributed by atoms with Crippen LogP contribution in [0.2, 0.25) is 0 Å². The lowest BCUT2D eigenvalue weighted by Crippen LogP contribution is -2.46. The largest absolute Gasteiger partial charge is 0.395 e. The normalized spacial score (nSPS) is 25.5. The van der Waals surface area contributed by atoms with Gasteiger partial charge < -0.3 is 10.2 Å². The summed E-state index contributed by atoms with van der Waals surface area (Å²) < 4.78 is 0. The van der Waals surface area contributed by atoms with Gasteiger partial charge in [0.25, 0.3) is 0 Å². The van der Waals surface area contributed by atoms with Crippen LogP contribution in [0.3, 0.4) is 0 Å². The number of likely N-dealkylation sites (tertiary alicyclic amines) is 2. The molecule has 0 radical (unpaired) electrons. The summed E-state index contributed by atoms with van der Waals surface area (Å²) in [6.07, 6.45) is 3.71. The first-order valence-electron chi connectivity index (χ1n) is 9.82. The van der Waals surface area contributed by atoms with Crippen molar-refractivity contribution >= 4 is 0 Å². The summed E-state index contributed by atoms with van der Waals surface area (Å²) in [7, 11) is 0. The molecule has 1 spiro atoms. The molecule has 1 atom stereocenters. The van der Waals surface area contributed by atoms with E-state index in [1.807, 2.05) is 0 Å². The lowest BCUT2D eigenvalue weighted by molar-refractivity contribution is 0.0556. The molecule has 2 N–H and O–H groups in total. The third kappa shape index (κ3) is 4.43. The number of hydrogen-bond acceptors (Lipinski definition) is 4. The summed E-state index contributed by atoms with van der Waals surface area (Å²) in [5.41, 5.74) is 3.16. The highest BCUT2D eigenvalue weighted by Gasteiger charge is 2.42. The van der Waals surface area contributed by atoms with E-state index in [2.05, 4.69) is 47.9 Å². The quantitative estimate of drug-likeness (QED) is 0.831. The molecule has 140 valence electrons. The number of benzene rings is 1. The predicted octanol–water partition coefficient (Wildman–Crippen LogP) is 2.45. The zero-order valence-electron chi connectivity index (χ0n) is 15.8. The molecular weight excluding hydrogens is 312 g/mol. The maximum Gasteiger partial charge on any atom is 0.0609 e. The predicted molar refractivity (Wildman–Crippen MR) is 102 cm³/mol. The summed E-state index contributed by atoms with van der Waals surface area (Å²) >= 11 is 0. The maximum absolute atomic E-state index is 9.47. The fourth-order valence-electron chi connectivity index (χ4n) is 4.61. The summed E-state index contributed by atoms with van der Waals surface area (Å²) in [5.74, 6) is 0.586. The van der Waals surface area contributed by atoms with E-state index in [0.717, 1.165) is 26.2 Å². The molecule has 1 aromatic carbocycles. The van der Waals surface area contributed by atoms with Crippen molar-refractivity contribution in [2.45, 2.75) is 51.6 Å². The molecular formula is C21H34N2O2. The van der Waals surface area contributed by atoms with Crippen LogP contribution in [-0.2, 0) is 6.54 Å². The number of aliphatic hydroxyl groups is 2. The number of nitrogens with zero attached hydrogens (tertiary/aromatic N) is 2. The Balaban J connectivity index is 1.60. The van der Waals surface area contributed by atoms with Gasteiger partial charge in [-0.2, -0.15) is 0 Å². The molecule has 4 nitrogen and oxygen atoms in total. The highest BCUT2D eigenvalue weighted by atomic mass is 16.3. The van der Waals surface area contributed by atoms with E-state index in [9.17, 15) is 10.2 Å². The molecule has 2 heterocycles. The first-order chi connectivity index (χ1) is 12.0. The van der Waals surface area contributed by atoms with Crippen LogP contribution in [0.15, 0.2) is 24.3 Å². The third-order valence-corrected chi connectivity index (χ3v) is 6.20. The summed E-state index contributed by atoms with van der Waals surface area (Å²) in [5, 5.41) is 18.9. The van der Waals surface area contributed by atoms with E-state index < -0.39 is 0 Å². The van der Waals surface area contributed by atoms with Crippen LogP contribution in [0.25, 0.3) is 0 Å². The monoisotopic (exact) mass is 346 g/mol. The van der Waals surface area contributed by atoms with Gasteiger partial charge in [-0.3, -0.25) is 9.80 Å². The molecule has 0 unspecified atom stereocenters. The van der Waals surface area contributed by atoms with Crippen LogP contribution in [0.5, 0.6) is 0 Å². The molecule has 2 aliphatic rings. The fourth-order valence-corrected chi connectivity index (χ4v) is 4.61. The van der Waals surface area contributed by atoms with Gasteiger partial charge in [0, 0.05) is 19.6 Å². The number of rotatable bonds is 6. The van der Waals surface area contributed by atoms with E-state index in [1.54, 1.807) is 0 Å². The average molecular weight is 347 g/mol. The molecule has 0 bridgehead atoms. The minimum atomic E-state index is -0.0849. The SMILES string of the molecule is CC(C)c1ccc(CN2CCC[C@@]3(CCN(C(CO)CO)C3)C2)cc1. The molecule has 3 rings (SSSR count). The second-order valence-corrected chi connectivity index (χ2v) is 8.45. The smallest absolute Gasteiger partial charge is 0.0609 e. The number of piperidine rings is 1. The Kier molecular flexibility index (Phi) is 6.16. The Morgan fingerprint density at radius 2 is 1.72 bits per heavy atom. The van der Waals surface area contributed by atoms with Crippen molar-refractivity contribution in [3.05, 3.63) is 35.4 Å². The Bertz CT molecular complexity index is 541. The zero-order valence-corrected chi connectivity index (χ0v) is 15.8. The average Bonchev–Trinajstić information content (AvgIpc) is 2.99. The van der Waals surface area contributed by atoms with E-state index in [4.69, 9.17) is 0 Å². The highest BCUT2D eigenvalue weighted by Crippen LogP contribution is 2.40. The van der Waals surface area contributed by atoms with Crippen LogP contribution < -0.4 is 0 Å². The van der Waals surface area contributed by atoms with Crippen LogP contribution in [-0.4, -0.2) is 65.4 Å². The maximum atomic E-state index is 9.47. The Morgan fingerprint density at radius 3 is 2.36 bits per heavy atom. The van der Waals surface area contributed by atoms with E-state index in [0.29, 0.717) is 11.3 Å². The van der Waals surface area contributed by atoms with E-state index >= 15 is 0 Å².